The Morgan fingerprint density at radius 1 is 1.00 bits per heavy atom. The highest BCUT2D eigenvalue weighted by atomic mass is 79.9. The van der Waals surface area contributed by atoms with Gasteiger partial charge in [-0.3, -0.25) is 4.99 Å². The summed E-state index contributed by atoms with van der Waals surface area (Å²) in [4.78, 5) is 8.66. The first-order valence-corrected chi connectivity index (χ1v) is 11.0. The molecule has 5 heteroatoms. The molecule has 2 aromatic carbocycles. The fraction of sp³-hybridized carbons (Fsp3) is 0.286. The summed E-state index contributed by atoms with van der Waals surface area (Å²) < 4.78 is 2.22. The van der Waals surface area contributed by atoms with E-state index in [2.05, 4.69) is 99.1 Å². The van der Waals surface area contributed by atoms with Crippen molar-refractivity contribution in [3.63, 3.8) is 0 Å². The lowest BCUT2D eigenvalue weighted by Gasteiger charge is -2.36. The van der Waals surface area contributed by atoms with Crippen molar-refractivity contribution in [2.45, 2.75) is 20.3 Å². The van der Waals surface area contributed by atoms with Gasteiger partial charge in [0.1, 0.15) is 0 Å². The third-order valence-electron chi connectivity index (χ3n) is 4.63. The van der Waals surface area contributed by atoms with Crippen molar-refractivity contribution in [2.24, 2.45) is 10.4 Å². The maximum atomic E-state index is 4.89. The molecular formula is C21H20Br2N2S. The average molecular weight is 492 g/mol. The van der Waals surface area contributed by atoms with Crippen LogP contribution in [-0.4, -0.2) is 23.2 Å². The van der Waals surface area contributed by atoms with Gasteiger partial charge in [0.2, 0.25) is 0 Å². The number of nitrogens with zero attached hydrogens (tertiary/aromatic N) is 2. The molecule has 0 aliphatic carbocycles. The van der Waals surface area contributed by atoms with Crippen LogP contribution in [0, 0.1) is 5.41 Å². The fourth-order valence-electron chi connectivity index (χ4n) is 3.28. The molecule has 0 saturated carbocycles. The van der Waals surface area contributed by atoms with Gasteiger partial charge in [0.15, 0.2) is 5.17 Å². The van der Waals surface area contributed by atoms with E-state index in [1.54, 1.807) is 0 Å². The first-order valence-electron chi connectivity index (χ1n) is 8.65. The lowest BCUT2D eigenvalue weighted by atomic mass is 9.91. The van der Waals surface area contributed by atoms with Crippen LogP contribution in [0.4, 0.5) is 0 Å². The fourth-order valence-corrected chi connectivity index (χ4v) is 4.96. The van der Waals surface area contributed by atoms with Gasteiger partial charge in [0.05, 0.1) is 0 Å². The number of halogens is 2. The Bertz CT molecular complexity index is 883. The number of hydrogen-bond acceptors (Lipinski definition) is 3. The van der Waals surface area contributed by atoms with Gasteiger partial charge in [-0.1, -0.05) is 70.0 Å². The normalized spacial score (nSPS) is 18.8. The quantitative estimate of drug-likeness (QED) is 0.482. The SMILES string of the molecule is CC1(C)CN=C2SC(c3ccc(Br)cc3)=C(Cc3ccc(Br)cc3)N2C1. The van der Waals surface area contributed by atoms with Gasteiger partial charge in [0.25, 0.3) is 0 Å². The first kappa shape index (κ1) is 18.3. The molecule has 0 saturated heterocycles. The Labute approximate surface area is 176 Å². The molecule has 0 amide bonds. The van der Waals surface area contributed by atoms with Crippen LogP contribution in [0.2, 0.25) is 0 Å². The van der Waals surface area contributed by atoms with Gasteiger partial charge in [-0.2, -0.15) is 0 Å². The third kappa shape index (κ3) is 3.80. The van der Waals surface area contributed by atoms with E-state index in [1.807, 2.05) is 11.8 Å². The number of aliphatic imine (C=N–C) groups is 1. The van der Waals surface area contributed by atoms with Gasteiger partial charge < -0.3 is 4.90 Å². The van der Waals surface area contributed by atoms with Crippen molar-refractivity contribution in [1.82, 2.24) is 4.90 Å². The van der Waals surface area contributed by atoms with Crippen LogP contribution in [0.5, 0.6) is 0 Å². The molecule has 0 fully saturated rings. The number of thioether (sulfide) groups is 1. The number of benzene rings is 2. The second-order valence-corrected chi connectivity index (χ2v) is 10.3. The van der Waals surface area contributed by atoms with E-state index >= 15 is 0 Å². The predicted molar refractivity (Wildman–Crippen MR) is 119 cm³/mol. The zero-order valence-electron chi connectivity index (χ0n) is 14.8. The Morgan fingerprint density at radius 2 is 1.62 bits per heavy atom. The van der Waals surface area contributed by atoms with E-state index in [9.17, 15) is 0 Å². The van der Waals surface area contributed by atoms with Crippen LogP contribution < -0.4 is 0 Å². The summed E-state index contributed by atoms with van der Waals surface area (Å²) in [7, 11) is 0. The minimum Gasteiger partial charge on any atom is -0.323 e. The topological polar surface area (TPSA) is 15.6 Å². The Hall–Kier alpha value is -1.04. The molecular weight excluding hydrogens is 472 g/mol. The van der Waals surface area contributed by atoms with Crippen LogP contribution in [0.15, 0.2) is 68.2 Å². The van der Waals surface area contributed by atoms with Gasteiger partial charge in [-0.05, 0) is 47.2 Å². The van der Waals surface area contributed by atoms with Crippen molar-refractivity contribution in [3.05, 3.63) is 74.3 Å². The Kier molecular flexibility index (Phi) is 5.06. The highest BCUT2D eigenvalue weighted by molar-refractivity contribution is 9.10. The maximum Gasteiger partial charge on any atom is 0.168 e. The van der Waals surface area contributed by atoms with Crippen LogP contribution in [0.3, 0.4) is 0 Å². The molecule has 2 heterocycles. The van der Waals surface area contributed by atoms with Crippen LogP contribution in [0.1, 0.15) is 25.0 Å². The van der Waals surface area contributed by atoms with Crippen molar-refractivity contribution >= 4 is 53.7 Å². The minimum atomic E-state index is 0.199. The van der Waals surface area contributed by atoms with Crippen LogP contribution in [0.25, 0.3) is 4.91 Å². The summed E-state index contributed by atoms with van der Waals surface area (Å²) in [6, 6.07) is 17.2. The summed E-state index contributed by atoms with van der Waals surface area (Å²) in [6.07, 6.45) is 0.917. The molecule has 0 spiro atoms. The molecule has 0 aromatic heterocycles. The summed E-state index contributed by atoms with van der Waals surface area (Å²) in [6.45, 7) is 6.51. The van der Waals surface area contributed by atoms with E-state index in [1.165, 1.54) is 21.7 Å². The second kappa shape index (κ2) is 7.17. The summed E-state index contributed by atoms with van der Waals surface area (Å²) in [5, 5.41) is 1.15. The molecule has 0 bridgehead atoms. The molecule has 2 aromatic rings. The molecule has 2 nitrogen and oxygen atoms in total. The van der Waals surface area contributed by atoms with Crippen molar-refractivity contribution < 1.29 is 0 Å². The monoisotopic (exact) mass is 490 g/mol. The Morgan fingerprint density at radius 3 is 2.27 bits per heavy atom. The molecule has 0 radical (unpaired) electrons. The first-order chi connectivity index (χ1) is 12.4. The van der Waals surface area contributed by atoms with E-state index in [0.717, 1.165) is 33.6 Å². The maximum absolute atomic E-state index is 4.89. The largest absolute Gasteiger partial charge is 0.323 e. The van der Waals surface area contributed by atoms with E-state index in [-0.39, 0.29) is 5.41 Å². The number of hydrogen-bond donors (Lipinski definition) is 0. The molecule has 2 aliphatic rings. The molecule has 0 atom stereocenters. The highest BCUT2D eigenvalue weighted by Crippen LogP contribution is 2.45. The van der Waals surface area contributed by atoms with Gasteiger partial charge >= 0.3 is 0 Å². The van der Waals surface area contributed by atoms with Crippen LogP contribution in [-0.2, 0) is 6.42 Å². The third-order valence-corrected chi connectivity index (χ3v) is 6.90. The number of fused-ring (bicyclic) bond motifs is 1. The average Bonchev–Trinajstić information content (AvgIpc) is 2.94. The van der Waals surface area contributed by atoms with Gasteiger partial charge in [-0.25, -0.2) is 0 Å². The van der Waals surface area contributed by atoms with Crippen LogP contribution >= 0.6 is 43.6 Å². The highest BCUT2D eigenvalue weighted by Gasteiger charge is 2.37. The van der Waals surface area contributed by atoms with Gasteiger partial charge in [-0.15, -0.1) is 0 Å². The zero-order valence-corrected chi connectivity index (χ0v) is 18.8. The van der Waals surface area contributed by atoms with E-state index in [4.69, 9.17) is 4.99 Å². The predicted octanol–water partition coefficient (Wildman–Crippen LogP) is 6.57. The lowest BCUT2D eigenvalue weighted by molar-refractivity contribution is 0.275. The van der Waals surface area contributed by atoms with Crippen molar-refractivity contribution in [1.29, 1.82) is 0 Å². The minimum absolute atomic E-state index is 0.199. The second-order valence-electron chi connectivity index (χ2n) is 7.54. The smallest absolute Gasteiger partial charge is 0.168 e. The summed E-state index contributed by atoms with van der Waals surface area (Å²) in [5.41, 5.74) is 4.15. The molecule has 0 unspecified atom stereocenters. The van der Waals surface area contributed by atoms with Crippen molar-refractivity contribution in [3.8, 4) is 0 Å². The molecule has 4 rings (SSSR count). The number of amidine groups is 1. The zero-order chi connectivity index (χ0) is 18.3. The van der Waals surface area contributed by atoms with E-state index < -0.39 is 0 Å². The summed E-state index contributed by atoms with van der Waals surface area (Å²) >= 11 is 8.89. The number of allylic oxidation sites excluding steroid dienone is 1. The van der Waals surface area contributed by atoms with Gasteiger partial charge in [0, 0.05) is 44.5 Å². The standard InChI is InChI=1S/C21H20Br2N2S/c1-21(2)12-24-20-25(13-21)18(11-14-3-7-16(22)8-4-14)19(26-20)15-5-9-17(23)10-6-15/h3-10H,11-13H2,1-2H3. The lowest BCUT2D eigenvalue weighted by Crippen LogP contribution is -2.41. The summed E-state index contributed by atoms with van der Waals surface area (Å²) in [5.74, 6) is 0. The number of rotatable bonds is 3. The Balaban J connectivity index is 1.76. The van der Waals surface area contributed by atoms with Crippen molar-refractivity contribution in [2.75, 3.05) is 13.1 Å². The molecule has 0 N–H and O–H groups in total. The molecule has 134 valence electrons. The molecule has 2 aliphatic heterocycles. The molecule has 26 heavy (non-hydrogen) atoms. The van der Waals surface area contributed by atoms with E-state index in [0.29, 0.717) is 0 Å².